The summed E-state index contributed by atoms with van der Waals surface area (Å²) in [6.45, 7) is 0. The van der Waals surface area contributed by atoms with Crippen LogP contribution in [0, 0.1) is 0 Å². The number of nitrogens with one attached hydrogen (secondary N) is 1. The molecule has 0 aliphatic heterocycles. The summed E-state index contributed by atoms with van der Waals surface area (Å²) in [6.07, 6.45) is -9.07. The number of aromatic amines is 1. The Hall–Kier alpha value is -1.70. The van der Waals surface area contributed by atoms with E-state index in [4.69, 9.17) is 11.6 Å². The van der Waals surface area contributed by atoms with Gasteiger partial charge >= 0.3 is 12.4 Å². The number of hydrogen-bond acceptors (Lipinski definition) is 1. The van der Waals surface area contributed by atoms with E-state index in [0.717, 1.165) is 18.2 Å². The van der Waals surface area contributed by atoms with Gasteiger partial charge in [-0.1, -0.05) is 17.7 Å². The number of aromatic nitrogens is 2. The van der Waals surface area contributed by atoms with Crippen LogP contribution in [0.2, 0.25) is 5.02 Å². The van der Waals surface area contributed by atoms with Gasteiger partial charge in [-0.2, -0.15) is 26.3 Å². The smallest absolute Gasteiger partial charge is 0.334 e. The number of imidazole rings is 1. The van der Waals surface area contributed by atoms with Gasteiger partial charge in [0, 0.05) is 5.56 Å². The number of rotatable bonds is 1. The first-order valence-corrected chi connectivity index (χ1v) is 5.47. The van der Waals surface area contributed by atoms with Crippen molar-refractivity contribution in [3.05, 3.63) is 40.7 Å². The molecule has 0 amide bonds. The molecule has 1 heterocycles. The molecule has 0 spiro atoms. The molecule has 9 heteroatoms. The van der Waals surface area contributed by atoms with Crippen molar-refractivity contribution in [3.8, 4) is 11.4 Å². The number of nitrogens with zero attached hydrogens (tertiary/aromatic N) is 1. The van der Waals surface area contributed by atoms with Crippen LogP contribution in [-0.4, -0.2) is 9.97 Å². The lowest BCUT2D eigenvalue weighted by atomic mass is 10.1. The Balaban J connectivity index is 2.61. The van der Waals surface area contributed by atoms with Gasteiger partial charge in [-0.25, -0.2) is 4.98 Å². The zero-order valence-corrected chi connectivity index (χ0v) is 10.2. The van der Waals surface area contributed by atoms with Crippen LogP contribution in [0.4, 0.5) is 26.3 Å². The Kier molecular flexibility index (Phi) is 3.45. The number of halogens is 7. The first-order valence-electron chi connectivity index (χ1n) is 5.09. The van der Waals surface area contributed by atoms with Crippen LogP contribution in [0.3, 0.4) is 0 Å². The predicted octanol–water partition coefficient (Wildman–Crippen LogP) is 4.77. The monoisotopic (exact) mass is 314 g/mol. The lowest BCUT2D eigenvalue weighted by molar-refractivity contribution is -0.140. The molecule has 108 valence electrons. The molecule has 1 N–H and O–H groups in total. The van der Waals surface area contributed by atoms with Crippen molar-refractivity contribution in [2.24, 2.45) is 0 Å². The Morgan fingerprint density at radius 2 is 1.65 bits per heavy atom. The lowest BCUT2D eigenvalue weighted by Crippen LogP contribution is -2.08. The van der Waals surface area contributed by atoms with Crippen molar-refractivity contribution in [3.63, 3.8) is 0 Å². The summed E-state index contributed by atoms with van der Waals surface area (Å²) in [5.41, 5.74) is -3.02. The van der Waals surface area contributed by atoms with Gasteiger partial charge in [0.25, 0.3) is 0 Å². The molecular formula is C11H5ClF6N2. The van der Waals surface area contributed by atoms with Crippen molar-refractivity contribution in [2.45, 2.75) is 12.4 Å². The maximum absolute atomic E-state index is 12.8. The van der Waals surface area contributed by atoms with Crippen molar-refractivity contribution < 1.29 is 26.3 Å². The van der Waals surface area contributed by atoms with Crippen molar-refractivity contribution >= 4 is 11.6 Å². The first kappa shape index (κ1) is 14.7. The predicted molar refractivity (Wildman–Crippen MR) is 59.0 cm³/mol. The lowest BCUT2D eigenvalue weighted by Gasteiger charge is -2.12. The molecule has 0 aliphatic carbocycles. The Labute approximate surface area is 113 Å². The molecule has 0 saturated carbocycles. The Bertz CT molecular complexity index is 629. The largest absolute Gasteiger partial charge is 0.432 e. The van der Waals surface area contributed by atoms with E-state index < -0.39 is 35.0 Å². The maximum Gasteiger partial charge on any atom is 0.432 e. The van der Waals surface area contributed by atoms with Crippen LogP contribution in [0.25, 0.3) is 11.4 Å². The third-order valence-corrected chi connectivity index (χ3v) is 2.75. The third kappa shape index (κ3) is 2.74. The Morgan fingerprint density at radius 1 is 1.00 bits per heavy atom. The third-order valence-electron chi connectivity index (χ3n) is 2.44. The van der Waals surface area contributed by atoms with Crippen LogP contribution in [0.1, 0.15) is 11.3 Å². The Morgan fingerprint density at radius 3 is 2.15 bits per heavy atom. The van der Waals surface area contributed by atoms with E-state index in [1.54, 1.807) is 4.98 Å². The molecule has 0 radical (unpaired) electrons. The summed E-state index contributed by atoms with van der Waals surface area (Å²) in [5.74, 6) is -0.588. The molecule has 2 aromatic rings. The summed E-state index contributed by atoms with van der Waals surface area (Å²) in [4.78, 5) is 5.13. The van der Waals surface area contributed by atoms with Gasteiger partial charge in [0.05, 0.1) is 16.8 Å². The zero-order chi connectivity index (χ0) is 15.1. The molecule has 1 aromatic carbocycles. The molecule has 2 nitrogen and oxygen atoms in total. The minimum atomic E-state index is -4.76. The molecule has 20 heavy (non-hydrogen) atoms. The van der Waals surface area contributed by atoms with Gasteiger partial charge in [0.15, 0.2) is 0 Å². The highest BCUT2D eigenvalue weighted by molar-refractivity contribution is 6.33. The van der Waals surface area contributed by atoms with E-state index in [2.05, 4.69) is 4.98 Å². The van der Waals surface area contributed by atoms with E-state index in [-0.39, 0.29) is 5.02 Å². The second-order valence-corrected chi connectivity index (χ2v) is 4.21. The molecule has 0 unspecified atom stereocenters. The summed E-state index contributed by atoms with van der Waals surface area (Å²) < 4.78 is 75.8. The quantitative estimate of drug-likeness (QED) is 0.755. The summed E-state index contributed by atoms with van der Waals surface area (Å²) in [5, 5.41) is -0.345. The highest BCUT2D eigenvalue weighted by Crippen LogP contribution is 2.40. The first-order chi connectivity index (χ1) is 9.10. The van der Waals surface area contributed by atoms with Crippen LogP contribution < -0.4 is 0 Å². The van der Waals surface area contributed by atoms with Gasteiger partial charge in [0.1, 0.15) is 11.5 Å². The highest BCUT2D eigenvalue weighted by atomic mass is 35.5. The van der Waals surface area contributed by atoms with E-state index >= 15 is 0 Å². The summed E-state index contributed by atoms with van der Waals surface area (Å²) in [6, 6.07) is 2.92. The average molecular weight is 315 g/mol. The van der Waals surface area contributed by atoms with E-state index in [0.29, 0.717) is 6.20 Å². The second kappa shape index (κ2) is 4.69. The molecule has 0 bridgehead atoms. The van der Waals surface area contributed by atoms with Crippen LogP contribution in [0.5, 0.6) is 0 Å². The fraction of sp³-hybridized carbons (Fsp3) is 0.182. The molecule has 0 saturated heterocycles. The van der Waals surface area contributed by atoms with Gasteiger partial charge in [-0.05, 0) is 12.1 Å². The summed E-state index contributed by atoms with van der Waals surface area (Å²) >= 11 is 5.65. The molecule has 0 fully saturated rings. The molecule has 0 atom stereocenters. The van der Waals surface area contributed by atoms with E-state index in [1.807, 2.05) is 0 Å². The molecular weight excluding hydrogens is 310 g/mol. The van der Waals surface area contributed by atoms with Gasteiger partial charge < -0.3 is 4.98 Å². The van der Waals surface area contributed by atoms with Crippen molar-refractivity contribution in [1.29, 1.82) is 0 Å². The highest BCUT2D eigenvalue weighted by Gasteiger charge is 2.37. The van der Waals surface area contributed by atoms with E-state index in [9.17, 15) is 26.3 Å². The standard InChI is InChI=1S/C11H5ClF6N2/c12-6-3-1-2-5(10(13,14)15)8(6)9-19-4-7(20-9)11(16,17)18/h1-4H,(H,19,20). The number of hydrogen-bond donors (Lipinski definition) is 1. The zero-order valence-electron chi connectivity index (χ0n) is 9.40. The van der Waals surface area contributed by atoms with Gasteiger partial charge in [-0.3, -0.25) is 0 Å². The minimum Gasteiger partial charge on any atom is -0.334 e. The van der Waals surface area contributed by atoms with Crippen molar-refractivity contribution in [1.82, 2.24) is 9.97 Å². The summed E-state index contributed by atoms with van der Waals surface area (Å²) in [7, 11) is 0. The number of benzene rings is 1. The second-order valence-electron chi connectivity index (χ2n) is 3.80. The van der Waals surface area contributed by atoms with Gasteiger partial charge in [-0.15, -0.1) is 0 Å². The van der Waals surface area contributed by atoms with Crippen LogP contribution >= 0.6 is 11.6 Å². The maximum atomic E-state index is 12.8. The minimum absolute atomic E-state index is 0.345. The topological polar surface area (TPSA) is 28.7 Å². The van der Waals surface area contributed by atoms with E-state index in [1.165, 1.54) is 0 Å². The number of H-pyrrole nitrogens is 1. The number of alkyl halides is 6. The van der Waals surface area contributed by atoms with Crippen LogP contribution in [0.15, 0.2) is 24.4 Å². The fourth-order valence-corrected chi connectivity index (χ4v) is 1.86. The molecule has 2 rings (SSSR count). The molecule has 1 aromatic heterocycles. The average Bonchev–Trinajstić information content (AvgIpc) is 2.76. The molecule has 0 aliphatic rings. The SMILES string of the molecule is FC(F)(F)c1cnc(-c2c(Cl)cccc2C(F)(F)F)[nH]1. The van der Waals surface area contributed by atoms with Crippen LogP contribution in [-0.2, 0) is 12.4 Å². The van der Waals surface area contributed by atoms with Crippen molar-refractivity contribution in [2.75, 3.05) is 0 Å². The fourth-order valence-electron chi connectivity index (χ4n) is 1.59. The normalized spacial score (nSPS) is 12.8. The van der Waals surface area contributed by atoms with Gasteiger partial charge in [0.2, 0.25) is 0 Å².